The predicted molar refractivity (Wildman–Crippen MR) is 96.2 cm³/mol. The minimum Gasteiger partial charge on any atom is -0.355 e. The Hall–Kier alpha value is -3.72. The van der Waals surface area contributed by atoms with Gasteiger partial charge in [0.05, 0.1) is 11.6 Å². The second kappa shape index (κ2) is 7.90. The van der Waals surface area contributed by atoms with Crippen LogP contribution < -0.4 is 10.6 Å². The van der Waals surface area contributed by atoms with Crippen molar-refractivity contribution in [2.75, 3.05) is 5.32 Å². The number of nitrogens with zero attached hydrogens (tertiary/aromatic N) is 2. The van der Waals surface area contributed by atoms with E-state index in [1.165, 1.54) is 12.1 Å². The van der Waals surface area contributed by atoms with Crippen LogP contribution in [0.25, 0.3) is 0 Å². The third-order valence-corrected chi connectivity index (χ3v) is 3.66. The van der Waals surface area contributed by atoms with Crippen LogP contribution in [-0.4, -0.2) is 10.9 Å². The third-order valence-electron chi connectivity index (χ3n) is 3.66. The molecule has 0 fully saturated rings. The average molecular weight is 346 g/mol. The van der Waals surface area contributed by atoms with Gasteiger partial charge in [0.1, 0.15) is 11.5 Å². The smallest absolute Gasteiger partial charge is 0.270 e. The maximum absolute atomic E-state index is 12.9. The van der Waals surface area contributed by atoms with Gasteiger partial charge in [-0.15, -0.1) is 0 Å². The summed E-state index contributed by atoms with van der Waals surface area (Å²) in [7, 11) is 0. The van der Waals surface area contributed by atoms with E-state index < -0.39 is 0 Å². The maximum Gasteiger partial charge on any atom is 0.270 e. The van der Waals surface area contributed by atoms with Gasteiger partial charge in [-0.05, 0) is 54.1 Å². The Morgan fingerprint density at radius 2 is 1.77 bits per heavy atom. The fourth-order valence-corrected chi connectivity index (χ4v) is 2.30. The van der Waals surface area contributed by atoms with Crippen molar-refractivity contribution in [1.82, 2.24) is 10.3 Å². The van der Waals surface area contributed by atoms with Gasteiger partial charge in [0.25, 0.3) is 5.91 Å². The highest BCUT2D eigenvalue weighted by molar-refractivity contribution is 5.93. The molecular formula is C20H15FN4O. The first kappa shape index (κ1) is 17.1. The molecular weight excluding hydrogens is 331 g/mol. The summed E-state index contributed by atoms with van der Waals surface area (Å²) in [5.41, 5.74) is 3.15. The SMILES string of the molecule is N#Cc1ccc(Nc2ccnc(C(=O)NCc3ccc(F)cc3)c2)cc1. The number of pyridine rings is 1. The van der Waals surface area contributed by atoms with Gasteiger partial charge in [-0.1, -0.05) is 12.1 Å². The number of aromatic nitrogens is 1. The Morgan fingerprint density at radius 1 is 1.04 bits per heavy atom. The zero-order chi connectivity index (χ0) is 18.4. The summed E-state index contributed by atoms with van der Waals surface area (Å²) in [5, 5.41) is 14.7. The molecule has 3 rings (SSSR count). The molecule has 26 heavy (non-hydrogen) atoms. The van der Waals surface area contributed by atoms with Crippen molar-refractivity contribution < 1.29 is 9.18 Å². The number of carbonyl (C=O) groups excluding carboxylic acids is 1. The van der Waals surface area contributed by atoms with Gasteiger partial charge in [0.15, 0.2) is 0 Å². The van der Waals surface area contributed by atoms with Crippen LogP contribution in [0.2, 0.25) is 0 Å². The summed E-state index contributed by atoms with van der Waals surface area (Å²) in [6, 6.07) is 18.4. The molecule has 0 saturated carbocycles. The number of hydrogen-bond acceptors (Lipinski definition) is 4. The summed E-state index contributed by atoms with van der Waals surface area (Å²) >= 11 is 0. The summed E-state index contributed by atoms with van der Waals surface area (Å²) in [6.45, 7) is 0.286. The predicted octanol–water partition coefficient (Wildman–Crippen LogP) is 3.77. The number of nitriles is 1. The summed E-state index contributed by atoms with van der Waals surface area (Å²) in [5.74, 6) is -0.638. The molecule has 0 unspecified atom stereocenters. The standard InChI is InChI=1S/C20H15FN4O/c21-16-5-1-15(2-6-16)13-24-20(26)19-11-18(9-10-23-19)25-17-7-3-14(12-22)4-8-17/h1-11H,13H2,(H,23,25)(H,24,26). The number of anilines is 2. The molecule has 2 N–H and O–H groups in total. The molecule has 1 aromatic heterocycles. The minimum atomic E-state index is -0.321. The number of halogens is 1. The van der Waals surface area contributed by atoms with Crippen molar-refractivity contribution in [3.8, 4) is 6.07 Å². The maximum atomic E-state index is 12.9. The van der Waals surface area contributed by atoms with E-state index in [0.717, 1.165) is 11.3 Å². The molecule has 5 nitrogen and oxygen atoms in total. The molecule has 0 bridgehead atoms. The summed E-state index contributed by atoms with van der Waals surface area (Å²) < 4.78 is 12.9. The van der Waals surface area contributed by atoms with Crippen LogP contribution in [-0.2, 0) is 6.54 Å². The van der Waals surface area contributed by atoms with Crippen LogP contribution in [0.4, 0.5) is 15.8 Å². The highest BCUT2D eigenvalue weighted by atomic mass is 19.1. The van der Waals surface area contributed by atoms with E-state index in [1.54, 1.807) is 54.7 Å². The molecule has 3 aromatic rings. The Balaban J connectivity index is 1.64. The van der Waals surface area contributed by atoms with Crippen LogP contribution >= 0.6 is 0 Å². The topological polar surface area (TPSA) is 77.8 Å². The van der Waals surface area contributed by atoms with Gasteiger partial charge in [-0.25, -0.2) is 4.39 Å². The van der Waals surface area contributed by atoms with Crippen molar-refractivity contribution in [2.45, 2.75) is 6.54 Å². The number of carbonyl (C=O) groups is 1. The Kier molecular flexibility index (Phi) is 5.20. The summed E-state index contributed by atoms with van der Waals surface area (Å²) in [6.07, 6.45) is 1.54. The zero-order valence-corrected chi connectivity index (χ0v) is 13.7. The lowest BCUT2D eigenvalue weighted by Gasteiger charge is -2.09. The van der Waals surface area contributed by atoms with Crippen molar-refractivity contribution >= 4 is 17.3 Å². The van der Waals surface area contributed by atoms with Gasteiger partial charge in [0.2, 0.25) is 0 Å². The first-order chi connectivity index (χ1) is 12.6. The van der Waals surface area contributed by atoms with E-state index in [2.05, 4.69) is 21.7 Å². The van der Waals surface area contributed by atoms with Crippen LogP contribution in [0, 0.1) is 17.1 Å². The molecule has 2 aromatic carbocycles. The van der Waals surface area contributed by atoms with Gasteiger partial charge < -0.3 is 10.6 Å². The van der Waals surface area contributed by atoms with Crippen molar-refractivity contribution in [3.63, 3.8) is 0 Å². The lowest BCUT2D eigenvalue weighted by Crippen LogP contribution is -2.23. The average Bonchev–Trinajstić information content (AvgIpc) is 2.68. The van der Waals surface area contributed by atoms with Crippen molar-refractivity contribution in [3.05, 3.63) is 89.5 Å². The fraction of sp³-hybridized carbons (Fsp3) is 0.0500. The van der Waals surface area contributed by atoms with E-state index in [0.29, 0.717) is 11.3 Å². The second-order valence-electron chi connectivity index (χ2n) is 5.55. The monoisotopic (exact) mass is 346 g/mol. The van der Waals surface area contributed by atoms with Gasteiger partial charge >= 0.3 is 0 Å². The molecule has 0 aliphatic rings. The summed E-state index contributed by atoms with van der Waals surface area (Å²) in [4.78, 5) is 16.3. The number of benzene rings is 2. The molecule has 128 valence electrons. The van der Waals surface area contributed by atoms with Gasteiger partial charge in [-0.3, -0.25) is 9.78 Å². The minimum absolute atomic E-state index is 0.269. The molecule has 1 heterocycles. The molecule has 0 radical (unpaired) electrons. The van der Waals surface area contributed by atoms with Crippen LogP contribution in [0.3, 0.4) is 0 Å². The van der Waals surface area contributed by atoms with E-state index in [9.17, 15) is 9.18 Å². The lowest BCUT2D eigenvalue weighted by molar-refractivity contribution is 0.0946. The Morgan fingerprint density at radius 3 is 2.46 bits per heavy atom. The molecule has 6 heteroatoms. The van der Waals surface area contributed by atoms with Gasteiger partial charge in [-0.2, -0.15) is 5.26 Å². The number of rotatable bonds is 5. The molecule has 0 aliphatic carbocycles. The first-order valence-corrected chi connectivity index (χ1v) is 7.90. The highest BCUT2D eigenvalue weighted by Crippen LogP contribution is 2.17. The van der Waals surface area contributed by atoms with Crippen molar-refractivity contribution in [2.24, 2.45) is 0 Å². The molecule has 1 amide bonds. The molecule has 0 aliphatic heterocycles. The molecule has 0 atom stereocenters. The van der Waals surface area contributed by atoms with E-state index >= 15 is 0 Å². The first-order valence-electron chi connectivity index (χ1n) is 7.90. The number of nitrogens with one attached hydrogen (secondary N) is 2. The number of amides is 1. The van der Waals surface area contributed by atoms with Crippen molar-refractivity contribution in [1.29, 1.82) is 5.26 Å². The second-order valence-corrected chi connectivity index (χ2v) is 5.55. The van der Waals surface area contributed by atoms with Gasteiger partial charge in [0, 0.05) is 24.1 Å². The van der Waals surface area contributed by atoms with Crippen LogP contribution in [0.15, 0.2) is 66.9 Å². The molecule has 0 saturated heterocycles. The van der Waals surface area contributed by atoms with E-state index in [1.807, 2.05) is 0 Å². The lowest BCUT2D eigenvalue weighted by atomic mass is 10.2. The largest absolute Gasteiger partial charge is 0.355 e. The normalized spacial score (nSPS) is 10.0. The highest BCUT2D eigenvalue weighted by Gasteiger charge is 2.08. The zero-order valence-electron chi connectivity index (χ0n) is 13.7. The third kappa shape index (κ3) is 4.42. The Bertz CT molecular complexity index is 947. The van der Waals surface area contributed by atoms with Crippen LogP contribution in [0.5, 0.6) is 0 Å². The van der Waals surface area contributed by atoms with E-state index in [4.69, 9.17) is 5.26 Å². The molecule has 0 spiro atoms. The Labute approximate surface area is 150 Å². The fourth-order valence-electron chi connectivity index (χ4n) is 2.30. The quantitative estimate of drug-likeness (QED) is 0.737. The number of hydrogen-bond donors (Lipinski definition) is 2. The van der Waals surface area contributed by atoms with Crippen LogP contribution in [0.1, 0.15) is 21.6 Å². The van der Waals surface area contributed by atoms with E-state index in [-0.39, 0.29) is 24.0 Å².